The zero-order valence-corrected chi connectivity index (χ0v) is 16.8. The summed E-state index contributed by atoms with van der Waals surface area (Å²) < 4.78 is 50.2. The Bertz CT molecular complexity index is 932. The number of sulfonamides is 1. The second-order valence-corrected chi connectivity index (χ2v) is 8.08. The number of carbonyl (C=O) groups is 1. The second-order valence-electron chi connectivity index (χ2n) is 5.96. The van der Waals surface area contributed by atoms with E-state index in [1.54, 1.807) is 25.1 Å². The van der Waals surface area contributed by atoms with Crippen molar-refractivity contribution in [2.45, 2.75) is 18.2 Å². The minimum atomic E-state index is -3.76. The van der Waals surface area contributed by atoms with Crippen molar-refractivity contribution < 1.29 is 27.1 Å². The van der Waals surface area contributed by atoms with Gasteiger partial charge in [0.1, 0.15) is 10.6 Å². The van der Waals surface area contributed by atoms with E-state index in [0.29, 0.717) is 12.3 Å². The Morgan fingerprint density at radius 3 is 2.46 bits per heavy atom. The van der Waals surface area contributed by atoms with Gasteiger partial charge in [-0.05, 0) is 37.3 Å². The predicted octanol–water partition coefficient (Wildman–Crippen LogP) is 2.88. The highest BCUT2D eigenvalue weighted by molar-refractivity contribution is 7.89. The molecule has 0 atom stereocenters. The molecule has 0 aliphatic heterocycles. The Hall–Kier alpha value is -2.65. The number of amides is 1. The van der Waals surface area contributed by atoms with Crippen molar-refractivity contribution in [3.63, 3.8) is 0 Å². The van der Waals surface area contributed by atoms with Gasteiger partial charge in [-0.25, -0.2) is 17.1 Å². The van der Waals surface area contributed by atoms with Crippen molar-refractivity contribution in [3.05, 3.63) is 48.3 Å². The van der Waals surface area contributed by atoms with Crippen LogP contribution in [-0.2, 0) is 14.8 Å². The van der Waals surface area contributed by atoms with Crippen LogP contribution in [0.4, 0.5) is 10.1 Å². The number of ether oxygens (including phenoxy) is 2. The summed E-state index contributed by atoms with van der Waals surface area (Å²) in [7, 11) is -0.929. The Morgan fingerprint density at radius 1 is 1.11 bits per heavy atom. The minimum absolute atomic E-state index is 0.0212. The second kappa shape index (κ2) is 9.52. The van der Waals surface area contributed by atoms with E-state index in [0.717, 1.165) is 4.31 Å². The van der Waals surface area contributed by atoms with Gasteiger partial charge in [0.05, 0.1) is 19.6 Å². The zero-order chi connectivity index (χ0) is 20.7. The van der Waals surface area contributed by atoms with Crippen LogP contribution in [0.1, 0.15) is 13.3 Å². The van der Waals surface area contributed by atoms with Crippen LogP contribution in [-0.4, -0.2) is 45.9 Å². The van der Waals surface area contributed by atoms with Gasteiger partial charge in [0.25, 0.3) is 0 Å². The Kier molecular flexibility index (Phi) is 7.36. The first-order valence-corrected chi connectivity index (χ1v) is 10.1. The number of hydrogen-bond donors (Lipinski definition) is 1. The third-order valence-electron chi connectivity index (χ3n) is 3.71. The van der Waals surface area contributed by atoms with Crippen molar-refractivity contribution in [1.29, 1.82) is 0 Å². The highest BCUT2D eigenvalue weighted by Gasteiger charge is 2.23. The molecule has 2 aromatic rings. The third-order valence-corrected chi connectivity index (χ3v) is 5.55. The first-order valence-electron chi connectivity index (χ1n) is 8.62. The Morgan fingerprint density at radius 2 is 1.82 bits per heavy atom. The summed E-state index contributed by atoms with van der Waals surface area (Å²) in [6.07, 6.45) is -0.0304. The van der Waals surface area contributed by atoms with Crippen molar-refractivity contribution in [3.8, 4) is 11.5 Å². The molecular weight excluding hydrogens is 387 g/mol. The van der Waals surface area contributed by atoms with Gasteiger partial charge < -0.3 is 14.8 Å². The van der Waals surface area contributed by atoms with Gasteiger partial charge in [0, 0.05) is 19.8 Å². The van der Waals surface area contributed by atoms with Crippen LogP contribution in [0.15, 0.2) is 47.4 Å². The minimum Gasteiger partial charge on any atom is -0.492 e. The maximum Gasteiger partial charge on any atom is 0.246 e. The van der Waals surface area contributed by atoms with Gasteiger partial charge in [0.2, 0.25) is 15.9 Å². The van der Waals surface area contributed by atoms with Gasteiger partial charge in [-0.3, -0.25) is 4.79 Å². The van der Waals surface area contributed by atoms with Gasteiger partial charge in [-0.1, -0.05) is 12.1 Å². The van der Waals surface area contributed by atoms with E-state index in [4.69, 9.17) is 9.47 Å². The van der Waals surface area contributed by atoms with Crippen LogP contribution < -0.4 is 14.8 Å². The lowest BCUT2D eigenvalue weighted by molar-refractivity contribution is -0.116. The fourth-order valence-corrected chi connectivity index (χ4v) is 3.35. The van der Waals surface area contributed by atoms with E-state index < -0.39 is 21.7 Å². The van der Waals surface area contributed by atoms with Crippen LogP contribution in [0.5, 0.6) is 11.5 Å². The molecular formula is C19H23FN2O5S. The Labute approximate surface area is 164 Å². The van der Waals surface area contributed by atoms with Crippen molar-refractivity contribution in [1.82, 2.24) is 4.31 Å². The predicted molar refractivity (Wildman–Crippen MR) is 104 cm³/mol. The lowest BCUT2D eigenvalue weighted by atomic mass is 10.3. The third kappa shape index (κ3) is 5.43. The number of carbonyl (C=O) groups excluding carboxylic acids is 1. The molecule has 0 aromatic heterocycles. The summed E-state index contributed by atoms with van der Waals surface area (Å²) >= 11 is 0. The van der Waals surface area contributed by atoms with E-state index in [9.17, 15) is 17.6 Å². The molecule has 0 fully saturated rings. The van der Waals surface area contributed by atoms with Gasteiger partial charge >= 0.3 is 0 Å². The smallest absolute Gasteiger partial charge is 0.246 e. The fraction of sp³-hybridized carbons (Fsp3) is 0.316. The van der Waals surface area contributed by atoms with Crippen LogP contribution in [0.2, 0.25) is 0 Å². The molecule has 0 bridgehead atoms. The fourth-order valence-electron chi connectivity index (χ4n) is 2.30. The molecule has 1 amide bonds. The van der Waals surface area contributed by atoms with Crippen LogP contribution in [0.3, 0.4) is 0 Å². The lowest BCUT2D eigenvalue weighted by Gasteiger charge is -2.16. The summed E-state index contributed by atoms with van der Waals surface area (Å²) in [6.45, 7) is 2.03. The van der Waals surface area contributed by atoms with Gasteiger partial charge in [0.15, 0.2) is 11.6 Å². The highest BCUT2D eigenvalue weighted by Crippen LogP contribution is 2.29. The van der Waals surface area contributed by atoms with E-state index in [2.05, 4.69) is 5.32 Å². The van der Waals surface area contributed by atoms with Gasteiger partial charge in [-0.15, -0.1) is 0 Å². The molecule has 0 saturated heterocycles. The average Bonchev–Trinajstić information content (AvgIpc) is 2.64. The molecule has 7 nitrogen and oxygen atoms in total. The van der Waals surface area contributed by atoms with E-state index in [1.807, 2.05) is 0 Å². The van der Waals surface area contributed by atoms with Crippen molar-refractivity contribution in [2.75, 3.05) is 32.6 Å². The molecule has 0 radical (unpaired) electrons. The van der Waals surface area contributed by atoms with Crippen LogP contribution >= 0.6 is 0 Å². The topological polar surface area (TPSA) is 84.9 Å². The highest BCUT2D eigenvalue weighted by atomic mass is 32.2. The summed E-state index contributed by atoms with van der Waals surface area (Å²) in [5, 5.41) is 2.61. The molecule has 0 saturated carbocycles. The zero-order valence-electron chi connectivity index (χ0n) is 15.9. The normalized spacial score (nSPS) is 11.3. The molecule has 0 unspecified atom stereocenters. The average molecular weight is 410 g/mol. The van der Waals surface area contributed by atoms with E-state index >= 15 is 0 Å². The number of nitrogens with zero attached hydrogens (tertiary/aromatic N) is 1. The van der Waals surface area contributed by atoms with Crippen molar-refractivity contribution >= 4 is 21.6 Å². The van der Waals surface area contributed by atoms with Gasteiger partial charge in [-0.2, -0.15) is 0 Å². The molecule has 0 spiro atoms. The number of benzene rings is 2. The summed E-state index contributed by atoms with van der Waals surface area (Å²) in [5.41, 5.74) is 0.305. The largest absolute Gasteiger partial charge is 0.492 e. The quantitative estimate of drug-likeness (QED) is 0.687. The number of rotatable bonds is 9. The van der Waals surface area contributed by atoms with Crippen LogP contribution in [0.25, 0.3) is 0 Å². The molecule has 0 heterocycles. The maximum absolute atomic E-state index is 13.5. The molecule has 0 aliphatic rings. The molecule has 152 valence electrons. The molecule has 0 aliphatic carbocycles. The molecule has 28 heavy (non-hydrogen) atoms. The first-order chi connectivity index (χ1) is 13.3. The SMILES string of the molecule is CCOc1ccc(NC(=O)CCOc2ccccc2F)cc1S(=O)(=O)N(C)C. The molecule has 2 aromatic carbocycles. The van der Waals surface area contributed by atoms with E-state index in [-0.39, 0.29) is 29.4 Å². The number of anilines is 1. The first kappa shape index (κ1) is 21.6. The maximum atomic E-state index is 13.5. The molecule has 2 rings (SSSR count). The lowest BCUT2D eigenvalue weighted by Crippen LogP contribution is -2.23. The summed E-state index contributed by atoms with van der Waals surface area (Å²) in [5.74, 6) is -0.630. The van der Waals surface area contributed by atoms with Crippen molar-refractivity contribution in [2.24, 2.45) is 0 Å². The number of para-hydroxylation sites is 1. The summed E-state index contributed by atoms with van der Waals surface area (Å²) in [6, 6.07) is 10.3. The monoisotopic (exact) mass is 410 g/mol. The number of halogens is 1. The number of nitrogens with one attached hydrogen (secondary N) is 1. The number of hydrogen-bond acceptors (Lipinski definition) is 5. The molecule has 1 N–H and O–H groups in total. The van der Waals surface area contributed by atoms with E-state index in [1.165, 1.54) is 38.4 Å². The standard InChI is InChI=1S/C19H23FN2O5S/c1-4-26-17-10-9-14(13-18(17)28(24,25)22(2)3)21-19(23)11-12-27-16-8-6-5-7-15(16)20/h5-10,13H,4,11-12H2,1-3H3,(H,21,23). The van der Waals surface area contributed by atoms with Crippen LogP contribution in [0, 0.1) is 5.82 Å². The summed E-state index contributed by atoms with van der Waals surface area (Å²) in [4.78, 5) is 12.1. The molecule has 9 heteroatoms. The Balaban J connectivity index is 2.07.